The molecule has 0 bridgehead atoms. The van der Waals surface area contributed by atoms with Crippen LogP contribution in [-0.4, -0.2) is 42.5 Å². The van der Waals surface area contributed by atoms with Crippen LogP contribution in [0.3, 0.4) is 0 Å². The number of likely N-dealkylation sites (tertiary alicyclic amines) is 1. The number of hydrogen-bond donors (Lipinski definition) is 2. The number of anilines is 2. The number of carbonyl (C=O) groups excluding carboxylic acids is 3. The molecule has 0 aromatic heterocycles. The molecule has 36 heavy (non-hydrogen) atoms. The summed E-state index contributed by atoms with van der Waals surface area (Å²) in [6.07, 6.45) is 0.979. The summed E-state index contributed by atoms with van der Waals surface area (Å²) in [6, 6.07) is 23.9. The van der Waals surface area contributed by atoms with Gasteiger partial charge < -0.3 is 20.3 Å². The molecule has 0 unspecified atom stereocenters. The number of urea groups is 1. The SMILES string of the molecule is O=C(COC(=O)C1CCN(C(=O)Nc2ccccc2)CC1)Nc1ccccc1Sc1ccc(Cl)cc1. The highest BCUT2D eigenvalue weighted by Crippen LogP contribution is 2.33. The Morgan fingerprint density at radius 3 is 2.28 bits per heavy atom. The van der Waals surface area contributed by atoms with Gasteiger partial charge in [-0.3, -0.25) is 9.59 Å². The fourth-order valence-electron chi connectivity index (χ4n) is 3.77. The average Bonchev–Trinajstić information content (AvgIpc) is 2.90. The maximum Gasteiger partial charge on any atom is 0.321 e. The van der Waals surface area contributed by atoms with Crippen molar-refractivity contribution in [1.29, 1.82) is 0 Å². The van der Waals surface area contributed by atoms with Gasteiger partial charge in [-0.1, -0.05) is 53.7 Å². The van der Waals surface area contributed by atoms with E-state index in [0.29, 0.717) is 36.6 Å². The van der Waals surface area contributed by atoms with Gasteiger partial charge in [0.2, 0.25) is 0 Å². The first-order valence-electron chi connectivity index (χ1n) is 11.6. The lowest BCUT2D eigenvalue weighted by Crippen LogP contribution is -2.43. The number of benzene rings is 3. The molecule has 3 aromatic carbocycles. The maximum absolute atomic E-state index is 12.5. The van der Waals surface area contributed by atoms with Crippen LogP contribution in [0.1, 0.15) is 12.8 Å². The fourth-order valence-corrected chi connectivity index (χ4v) is 4.80. The molecule has 9 heteroatoms. The number of ether oxygens (including phenoxy) is 1. The van der Waals surface area contributed by atoms with Crippen molar-refractivity contribution < 1.29 is 19.1 Å². The van der Waals surface area contributed by atoms with Crippen molar-refractivity contribution in [2.24, 2.45) is 5.92 Å². The summed E-state index contributed by atoms with van der Waals surface area (Å²) in [6.45, 7) is 0.521. The molecule has 0 atom stereocenters. The Hall–Kier alpha value is -3.49. The largest absolute Gasteiger partial charge is 0.455 e. The quantitative estimate of drug-likeness (QED) is 0.375. The summed E-state index contributed by atoms with van der Waals surface area (Å²) in [5, 5.41) is 6.33. The first-order valence-corrected chi connectivity index (χ1v) is 12.8. The van der Waals surface area contributed by atoms with E-state index < -0.39 is 11.9 Å². The third-order valence-electron chi connectivity index (χ3n) is 5.69. The van der Waals surface area contributed by atoms with Gasteiger partial charge in [0.15, 0.2) is 6.61 Å². The second kappa shape index (κ2) is 12.5. The maximum atomic E-state index is 12.5. The Morgan fingerprint density at radius 2 is 1.56 bits per heavy atom. The van der Waals surface area contributed by atoms with Crippen molar-refractivity contribution in [1.82, 2.24) is 4.90 Å². The van der Waals surface area contributed by atoms with Crippen LogP contribution in [0.25, 0.3) is 0 Å². The van der Waals surface area contributed by atoms with Crippen LogP contribution >= 0.6 is 23.4 Å². The Bertz CT molecular complexity index is 1200. The summed E-state index contributed by atoms with van der Waals surface area (Å²) >= 11 is 7.45. The van der Waals surface area contributed by atoms with Gasteiger partial charge >= 0.3 is 12.0 Å². The molecule has 0 saturated carbocycles. The topological polar surface area (TPSA) is 87.7 Å². The van der Waals surface area contributed by atoms with Gasteiger partial charge in [0, 0.05) is 33.6 Å². The lowest BCUT2D eigenvalue weighted by molar-refractivity contribution is -0.152. The Kier molecular flexibility index (Phi) is 8.86. The van der Waals surface area contributed by atoms with E-state index in [0.717, 1.165) is 15.5 Å². The molecular weight excluding hydrogens is 498 g/mol. The molecule has 0 radical (unpaired) electrons. The molecular formula is C27H26ClN3O4S. The zero-order valence-corrected chi connectivity index (χ0v) is 21.1. The van der Waals surface area contributed by atoms with E-state index in [4.69, 9.17) is 16.3 Å². The lowest BCUT2D eigenvalue weighted by atomic mass is 9.97. The smallest absolute Gasteiger partial charge is 0.321 e. The Morgan fingerprint density at radius 1 is 0.889 bits per heavy atom. The van der Waals surface area contributed by atoms with Gasteiger partial charge in [-0.25, -0.2) is 4.79 Å². The molecule has 7 nitrogen and oxygen atoms in total. The van der Waals surface area contributed by atoms with Crippen molar-refractivity contribution in [3.63, 3.8) is 0 Å². The molecule has 3 amide bonds. The van der Waals surface area contributed by atoms with E-state index in [9.17, 15) is 14.4 Å². The number of piperidine rings is 1. The highest BCUT2D eigenvalue weighted by molar-refractivity contribution is 7.99. The zero-order chi connectivity index (χ0) is 25.3. The van der Waals surface area contributed by atoms with Gasteiger partial charge in [0.05, 0.1) is 11.6 Å². The molecule has 2 N–H and O–H groups in total. The minimum atomic E-state index is -0.419. The molecule has 0 aliphatic carbocycles. The number of halogens is 1. The highest BCUT2D eigenvalue weighted by Gasteiger charge is 2.29. The van der Waals surface area contributed by atoms with Gasteiger partial charge in [0.25, 0.3) is 5.91 Å². The minimum Gasteiger partial charge on any atom is -0.455 e. The monoisotopic (exact) mass is 523 g/mol. The molecule has 186 valence electrons. The minimum absolute atomic E-state index is 0.192. The van der Waals surface area contributed by atoms with Crippen LogP contribution in [0.15, 0.2) is 88.7 Å². The zero-order valence-electron chi connectivity index (χ0n) is 19.5. The molecule has 4 rings (SSSR count). The summed E-state index contributed by atoms with van der Waals surface area (Å²) in [4.78, 5) is 41.0. The first-order chi connectivity index (χ1) is 17.5. The number of nitrogens with zero attached hydrogens (tertiary/aromatic N) is 1. The lowest BCUT2D eigenvalue weighted by Gasteiger charge is -2.30. The summed E-state index contributed by atoms with van der Waals surface area (Å²) < 4.78 is 5.29. The molecule has 1 aliphatic heterocycles. The van der Waals surface area contributed by atoms with Crippen LogP contribution in [0.2, 0.25) is 5.02 Å². The van der Waals surface area contributed by atoms with E-state index in [-0.39, 0.29) is 18.6 Å². The second-order valence-corrected chi connectivity index (χ2v) is 9.82. The van der Waals surface area contributed by atoms with Crippen molar-refractivity contribution >= 4 is 52.6 Å². The fraction of sp³-hybridized carbons (Fsp3) is 0.222. The van der Waals surface area contributed by atoms with E-state index in [2.05, 4.69) is 10.6 Å². The van der Waals surface area contributed by atoms with E-state index >= 15 is 0 Å². The van der Waals surface area contributed by atoms with Crippen LogP contribution in [0.4, 0.5) is 16.2 Å². The number of para-hydroxylation sites is 2. The highest BCUT2D eigenvalue weighted by atomic mass is 35.5. The Balaban J connectivity index is 1.22. The van der Waals surface area contributed by atoms with Crippen molar-refractivity contribution in [3.8, 4) is 0 Å². The van der Waals surface area contributed by atoms with Crippen LogP contribution in [-0.2, 0) is 14.3 Å². The van der Waals surface area contributed by atoms with Crippen molar-refractivity contribution in [2.75, 3.05) is 30.3 Å². The van der Waals surface area contributed by atoms with Gasteiger partial charge in [-0.05, 0) is 61.4 Å². The van der Waals surface area contributed by atoms with Gasteiger partial charge in [0.1, 0.15) is 0 Å². The number of amides is 3. The van der Waals surface area contributed by atoms with Gasteiger partial charge in [-0.15, -0.1) is 0 Å². The molecule has 0 spiro atoms. The molecule has 3 aromatic rings. The predicted octanol–water partition coefficient (Wildman–Crippen LogP) is 5.92. The van der Waals surface area contributed by atoms with Crippen molar-refractivity contribution in [3.05, 3.63) is 83.9 Å². The van der Waals surface area contributed by atoms with Crippen LogP contribution in [0, 0.1) is 5.92 Å². The number of hydrogen-bond acceptors (Lipinski definition) is 5. The third-order valence-corrected chi connectivity index (χ3v) is 7.02. The number of carbonyl (C=O) groups is 3. The van der Waals surface area contributed by atoms with Crippen molar-refractivity contribution in [2.45, 2.75) is 22.6 Å². The van der Waals surface area contributed by atoms with E-state index in [1.54, 1.807) is 11.0 Å². The average molecular weight is 524 g/mol. The summed E-state index contributed by atoms with van der Waals surface area (Å²) in [5.74, 6) is -1.17. The third kappa shape index (κ3) is 7.26. The standard InChI is InChI=1S/C27H26ClN3O4S/c28-20-10-12-22(13-11-20)36-24-9-5-4-8-23(24)30-25(32)18-35-26(33)19-14-16-31(17-15-19)27(34)29-21-6-2-1-3-7-21/h1-13,19H,14-18H2,(H,29,34)(H,30,32). The summed E-state index contributed by atoms with van der Waals surface area (Å²) in [5.41, 5.74) is 1.36. The first kappa shape index (κ1) is 25.6. The van der Waals surface area contributed by atoms with Gasteiger partial charge in [-0.2, -0.15) is 0 Å². The molecule has 1 aliphatic rings. The Labute approximate surface area is 219 Å². The van der Waals surface area contributed by atoms with E-state index in [1.807, 2.05) is 72.8 Å². The normalized spacial score (nSPS) is 13.6. The second-order valence-electron chi connectivity index (χ2n) is 8.27. The molecule has 1 saturated heterocycles. The predicted molar refractivity (Wildman–Crippen MR) is 141 cm³/mol. The van der Waals surface area contributed by atoms with Crippen LogP contribution < -0.4 is 10.6 Å². The number of esters is 1. The number of nitrogens with one attached hydrogen (secondary N) is 2. The molecule has 1 heterocycles. The molecule has 1 fully saturated rings. The van der Waals surface area contributed by atoms with Crippen LogP contribution in [0.5, 0.6) is 0 Å². The number of rotatable bonds is 7. The van der Waals surface area contributed by atoms with E-state index in [1.165, 1.54) is 11.8 Å². The summed E-state index contributed by atoms with van der Waals surface area (Å²) in [7, 11) is 0.